The molecule has 0 saturated heterocycles. The molecule has 0 heterocycles. The van der Waals surface area contributed by atoms with E-state index in [1.807, 2.05) is 12.3 Å². The van der Waals surface area contributed by atoms with Crippen LogP contribution in [0.1, 0.15) is 63.5 Å². The molecule has 0 bridgehead atoms. The quantitative estimate of drug-likeness (QED) is 0.514. The van der Waals surface area contributed by atoms with E-state index in [-0.39, 0.29) is 6.10 Å². The lowest BCUT2D eigenvalue weighted by molar-refractivity contribution is 0.0515. The normalized spacial score (nSPS) is 18.6. The Kier molecular flexibility index (Phi) is 5.93. The van der Waals surface area contributed by atoms with Gasteiger partial charge in [0.25, 0.3) is 0 Å². The van der Waals surface area contributed by atoms with Crippen LogP contribution in [0.25, 0.3) is 0 Å². The molecule has 1 atom stereocenters. The Morgan fingerprint density at radius 2 is 1.95 bits per heavy atom. The van der Waals surface area contributed by atoms with Gasteiger partial charge in [-0.3, -0.25) is 0 Å². The van der Waals surface area contributed by atoms with Crippen molar-refractivity contribution >= 4 is 6.21 Å². The molecule has 1 aliphatic carbocycles. The molecule has 0 aromatic heterocycles. The summed E-state index contributed by atoms with van der Waals surface area (Å²) < 4.78 is 0. The van der Waals surface area contributed by atoms with Crippen LogP contribution in [-0.4, -0.2) is 6.21 Å². The number of rotatable bonds is 6. The first kappa shape index (κ1) is 14.1. The first-order valence-electron chi connectivity index (χ1n) is 7.64. The number of hydrogen-bond acceptors (Lipinski definition) is 2. The van der Waals surface area contributed by atoms with Crippen LogP contribution in [0.2, 0.25) is 0 Å². The monoisotopic (exact) mass is 259 g/mol. The smallest absolute Gasteiger partial charge is 0.152 e. The SMILES string of the molecule is CCC[C@@H](O/N=C/C1CCCCC1)c1ccccc1. The Morgan fingerprint density at radius 3 is 2.63 bits per heavy atom. The van der Waals surface area contributed by atoms with E-state index in [2.05, 4.69) is 36.3 Å². The molecule has 0 aliphatic heterocycles. The topological polar surface area (TPSA) is 21.6 Å². The van der Waals surface area contributed by atoms with Crippen molar-refractivity contribution in [2.45, 2.75) is 58.0 Å². The number of oxime groups is 1. The van der Waals surface area contributed by atoms with Gasteiger partial charge in [-0.1, -0.05) is 68.1 Å². The number of nitrogens with zero attached hydrogens (tertiary/aromatic N) is 1. The van der Waals surface area contributed by atoms with Gasteiger partial charge in [0.1, 0.15) is 0 Å². The summed E-state index contributed by atoms with van der Waals surface area (Å²) in [7, 11) is 0. The van der Waals surface area contributed by atoms with Crippen LogP contribution >= 0.6 is 0 Å². The second-order valence-electron chi connectivity index (χ2n) is 5.45. The number of hydrogen-bond donors (Lipinski definition) is 0. The third-order valence-corrected chi connectivity index (χ3v) is 3.83. The summed E-state index contributed by atoms with van der Waals surface area (Å²) in [5, 5.41) is 4.27. The van der Waals surface area contributed by atoms with E-state index in [4.69, 9.17) is 4.84 Å². The molecule has 1 aliphatic rings. The molecule has 2 rings (SSSR count). The van der Waals surface area contributed by atoms with Gasteiger partial charge in [0.05, 0.1) is 0 Å². The summed E-state index contributed by atoms with van der Waals surface area (Å²) in [6.45, 7) is 2.18. The molecule has 0 radical (unpaired) electrons. The lowest BCUT2D eigenvalue weighted by Gasteiger charge is -2.18. The summed E-state index contributed by atoms with van der Waals surface area (Å²) in [4.78, 5) is 5.74. The van der Waals surface area contributed by atoms with Crippen molar-refractivity contribution < 1.29 is 4.84 Å². The summed E-state index contributed by atoms with van der Waals surface area (Å²) in [5.41, 5.74) is 1.23. The third kappa shape index (κ3) is 4.70. The highest BCUT2D eigenvalue weighted by atomic mass is 16.6. The Balaban J connectivity index is 1.88. The predicted molar refractivity (Wildman–Crippen MR) is 80.2 cm³/mol. The van der Waals surface area contributed by atoms with Crippen molar-refractivity contribution in [1.29, 1.82) is 0 Å². The molecular weight excluding hydrogens is 234 g/mol. The molecule has 1 aromatic rings. The van der Waals surface area contributed by atoms with Crippen molar-refractivity contribution in [2.75, 3.05) is 0 Å². The number of benzene rings is 1. The van der Waals surface area contributed by atoms with Crippen LogP contribution in [0.15, 0.2) is 35.5 Å². The van der Waals surface area contributed by atoms with Gasteiger partial charge in [-0.05, 0) is 30.7 Å². The van der Waals surface area contributed by atoms with E-state index in [1.54, 1.807) is 0 Å². The molecule has 0 spiro atoms. The first-order chi connectivity index (χ1) is 9.40. The van der Waals surface area contributed by atoms with Crippen LogP contribution in [0, 0.1) is 5.92 Å². The third-order valence-electron chi connectivity index (χ3n) is 3.83. The lowest BCUT2D eigenvalue weighted by atomic mass is 9.90. The zero-order valence-corrected chi connectivity index (χ0v) is 11.9. The van der Waals surface area contributed by atoms with Crippen molar-refractivity contribution in [3.63, 3.8) is 0 Å². The van der Waals surface area contributed by atoms with Gasteiger partial charge in [-0.25, -0.2) is 0 Å². The van der Waals surface area contributed by atoms with E-state index in [9.17, 15) is 0 Å². The van der Waals surface area contributed by atoms with Crippen molar-refractivity contribution in [3.8, 4) is 0 Å². The van der Waals surface area contributed by atoms with E-state index in [1.165, 1.54) is 37.7 Å². The molecule has 0 unspecified atom stereocenters. The maximum atomic E-state index is 5.74. The highest BCUT2D eigenvalue weighted by molar-refractivity contribution is 5.59. The van der Waals surface area contributed by atoms with Crippen molar-refractivity contribution in [2.24, 2.45) is 11.1 Å². The average Bonchev–Trinajstić information content (AvgIpc) is 2.48. The fourth-order valence-electron chi connectivity index (χ4n) is 2.69. The molecule has 1 saturated carbocycles. The Morgan fingerprint density at radius 1 is 1.21 bits per heavy atom. The van der Waals surface area contributed by atoms with E-state index in [0.29, 0.717) is 5.92 Å². The summed E-state index contributed by atoms with van der Waals surface area (Å²) in [6, 6.07) is 10.4. The Labute approximate surface area is 116 Å². The second kappa shape index (κ2) is 7.98. The standard InChI is InChI=1S/C17H25NO/c1-2-9-17(16-12-7-4-8-13-16)19-18-14-15-10-5-3-6-11-15/h4,7-8,12-15,17H,2-3,5-6,9-11H2,1H3/b18-14+/t17-/m1/s1. The highest BCUT2D eigenvalue weighted by Gasteiger charge is 2.13. The van der Waals surface area contributed by atoms with Gasteiger partial charge < -0.3 is 4.84 Å². The maximum absolute atomic E-state index is 5.74. The fraction of sp³-hybridized carbons (Fsp3) is 0.588. The van der Waals surface area contributed by atoms with Gasteiger partial charge in [-0.2, -0.15) is 0 Å². The van der Waals surface area contributed by atoms with E-state index >= 15 is 0 Å². The summed E-state index contributed by atoms with van der Waals surface area (Å²) >= 11 is 0. The molecule has 104 valence electrons. The zero-order chi connectivity index (χ0) is 13.3. The van der Waals surface area contributed by atoms with Crippen molar-refractivity contribution in [3.05, 3.63) is 35.9 Å². The fourth-order valence-corrected chi connectivity index (χ4v) is 2.69. The Bertz CT molecular complexity index is 368. The predicted octanol–water partition coefficient (Wildman–Crippen LogP) is 5.11. The molecule has 0 N–H and O–H groups in total. The average molecular weight is 259 g/mol. The van der Waals surface area contributed by atoms with Gasteiger partial charge >= 0.3 is 0 Å². The van der Waals surface area contributed by atoms with Crippen LogP contribution in [-0.2, 0) is 4.84 Å². The summed E-state index contributed by atoms with van der Waals surface area (Å²) in [6.07, 6.45) is 10.9. The molecular formula is C17H25NO. The lowest BCUT2D eigenvalue weighted by Crippen LogP contribution is -2.08. The van der Waals surface area contributed by atoms with Gasteiger partial charge in [-0.15, -0.1) is 0 Å². The van der Waals surface area contributed by atoms with Gasteiger partial charge in [0.15, 0.2) is 6.10 Å². The first-order valence-corrected chi connectivity index (χ1v) is 7.64. The van der Waals surface area contributed by atoms with Crippen molar-refractivity contribution in [1.82, 2.24) is 0 Å². The Hall–Kier alpha value is -1.31. The molecule has 0 amide bonds. The van der Waals surface area contributed by atoms with E-state index in [0.717, 1.165) is 12.8 Å². The van der Waals surface area contributed by atoms with Crippen LogP contribution < -0.4 is 0 Å². The molecule has 2 nitrogen and oxygen atoms in total. The van der Waals surface area contributed by atoms with Gasteiger partial charge in [0.2, 0.25) is 0 Å². The minimum atomic E-state index is 0.103. The van der Waals surface area contributed by atoms with E-state index < -0.39 is 0 Å². The van der Waals surface area contributed by atoms with Crippen LogP contribution in [0.4, 0.5) is 0 Å². The zero-order valence-electron chi connectivity index (χ0n) is 11.9. The second-order valence-corrected chi connectivity index (χ2v) is 5.45. The molecule has 1 aromatic carbocycles. The molecule has 1 fully saturated rings. The summed E-state index contributed by atoms with van der Waals surface area (Å²) in [5.74, 6) is 0.631. The van der Waals surface area contributed by atoms with Crippen LogP contribution in [0.3, 0.4) is 0 Å². The largest absolute Gasteiger partial charge is 0.388 e. The highest BCUT2D eigenvalue weighted by Crippen LogP contribution is 2.24. The van der Waals surface area contributed by atoms with Gasteiger partial charge in [0, 0.05) is 6.21 Å². The minimum Gasteiger partial charge on any atom is -0.388 e. The van der Waals surface area contributed by atoms with Crippen LogP contribution in [0.5, 0.6) is 0 Å². The maximum Gasteiger partial charge on any atom is 0.152 e. The molecule has 2 heteroatoms. The molecule has 19 heavy (non-hydrogen) atoms. The minimum absolute atomic E-state index is 0.103.